The third kappa shape index (κ3) is 4.21. The van der Waals surface area contributed by atoms with Gasteiger partial charge in [-0.1, -0.05) is 41.9 Å². The van der Waals surface area contributed by atoms with Crippen molar-refractivity contribution in [1.82, 2.24) is 9.80 Å². The summed E-state index contributed by atoms with van der Waals surface area (Å²) >= 11 is 6.28. The number of rotatable bonds is 4. The van der Waals surface area contributed by atoms with E-state index in [0.29, 0.717) is 26.2 Å². The monoisotopic (exact) mass is 397 g/mol. The van der Waals surface area contributed by atoms with E-state index in [0.717, 1.165) is 41.2 Å². The van der Waals surface area contributed by atoms with E-state index in [9.17, 15) is 9.59 Å². The summed E-state index contributed by atoms with van der Waals surface area (Å²) < 4.78 is 0. The molecule has 146 valence electrons. The normalized spacial score (nSPS) is 19.3. The molecule has 0 bridgehead atoms. The average molecular weight is 398 g/mol. The van der Waals surface area contributed by atoms with Gasteiger partial charge in [-0.2, -0.15) is 0 Å². The number of amides is 2. The molecule has 2 aliphatic heterocycles. The molecule has 2 aliphatic rings. The molecule has 2 amide bonds. The molecule has 6 heteroatoms. The van der Waals surface area contributed by atoms with Crippen LogP contribution in [0, 0.1) is 5.92 Å². The van der Waals surface area contributed by atoms with Crippen molar-refractivity contribution in [1.29, 1.82) is 0 Å². The highest BCUT2D eigenvalue weighted by Crippen LogP contribution is 2.31. The zero-order valence-corrected chi connectivity index (χ0v) is 16.5. The molecule has 0 aliphatic carbocycles. The number of carbonyl (C=O) groups excluding carboxylic acids is 2. The molecule has 1 unspecified atom stereocenters. The van der Waals surface area contributed by atoms with Crippen molar-refractivity contribution < 1.29 is 9.59 Å². The number of likely N-dealkylation sites (tertiary alicyclic amines) is 1. The Balaban J connectivity index is 1.33. The van der Waals surface area contributed by atoms with Crippen LogP contribution in [0.25, 0.3) is 0 Å². The number of para-hydroxylation sites is 1. The Morgan fingerprint density at radius 2 is 1.89 bits per heavy atom. The predicted octanol–water partition coefficient (Wildman–Crippen LogP) is 3.53. The van der Waals surface area contributed by atoms with Crippen LogP contribution in [0.4, 0.5) is 5.69 Å². The van der Waals surface area contributed by atoms with Crippen LogP contribution in [0.2, 0.25) is 5.02 Å². The topological polar surface area (TPSA) is 52.7 Å². The first-order valence-corrected chi connectivity index (χ1v) is 10.1. The largest absolute Gasteiger partial charge is 0.334 e. The average Bonchev–Trinajstić information content (AvgIpc) is 3.14. The molecule has 1 N–H and O–H groups in total. The van der Waals surface area contributed by atoms with Gasteiger partial charge in [-0.05, 0) is 48.7 Å². The summed E-state index contributed by atoms with van der Waals surface area (Å²) in [5.74, 6) is 0.0615. The van der Waals surface area contributed by atoms with Crippen LogP contribution in [-0.4, -0.2) is 41.2 Å². The summed E-state index contributed by atoms with van der Waals surface area (Å²) in [5.41, 5.74) is 2.99. The maximum Gasteiger partial charge on any atom is 0.238 e. The van der Waals surface area contributed by atoms with Gasteiger partial charge in [0.25, 0.3) is 0 Å². The Hall–Kier alpha value is -2.37. The van der Waals surface area contributed by atoms with Gasteiger partial charge in [0.2, 0.25) is 11.8 Å². The van der Waals surface area contributed by atoms with Crippen molar-refractivity contribution in [2.24, 2.45) is 5.92 Å². The summed E-state index contributed by atoms with van der Waals surface area (Å²) in [7, 11) is 0. The number of piperidine rings is 1. The smallest absolute Gasteiger partial charge is 0.238 e. The van der Waals surface area contributed by atoms with Crippen LogP contribution < -0.4 is 5.32 Å². The molecule has 0 saturated carbocycles. The lowest BCUT2D eigenvalue weighted by Crippen LogP contribution is -2.45. The van der Waals surface area contributed by atoms with Crippen molar-refractivity contribution in [3.8, 4) is 0 Å². The van der Waals surface area contributed by atoms with Crippen LogP contribution >= 0.6 is 11.6 Å². The van der Waals surface area contributed by atoms with E-state index in [2.05, 4.69) is 10.2 Å². The van der Waals surface area contributed by atoms with Gasteiger partial charge in [0.1, 0.15) is 0 Å². The summed E-state index contributed by atoms with van der Waals surface area (Å²) in [6.07, 6.45) is 1.80. The summed E-state index contributed by atoms with van der Waals surface area (Å²) in [6.45, 7) is 2.99. The fraction of sp³-hybridized carbons (Fsp3) is 0.364. The standard InChI is InChI=1S/C22H24ClN3O2/c23-20-10-4-6-16-13-26(14-19(16)20)22(28)17-7-5-11-25(12-17)15-21(27)24-18-8-2-1-3-9-18/h1-4,6,8-10,17H,5,7,11-15H2,(H,24,27). The lowest BCUT2D eigenvalue weighted by Gasteiger charge is -2.33. The molecule has 2 aromatic rings. The van der Waals surface area contributed by atoms with Gasteiger partial charge in [0, 0.05) is 30.3 Å². The third-order valence-corrected chi connectivity index (χ3v) is 5.87. The Labute approximate surface area is 170 Å². The van der Waals surface area contributed by atoms with Gasteiger partial charge >= 0.3 is 0 Å². The zero-order valence-electron chi connectivity index (χ0n) is 15.7. The van der Waals surface area contributed by atoms with E-state index in [4.69, 9.17) is 11.6 Å². The van der Waals surface area contributed by atoms with Crippen LogP contribution in [0.1, 0.15) is 24.0 Å². The number of anilines is 1. The minimum Gasteiger partial charge on any atom is -0.334 e. The molecule has 1 atom stereocenters. The fourth-order valence-electron chi connectivity index (χ4n) is 4.12. The molecular formula is C22H24ClN3O2. The number of halogens is 1. The SMILES string of the molecule is O=C(CN1CCCC(C(=O)N2Cc3cccc(Cl)c3C2)C1)Nc1ccccc1. The van der Waals surface area contributed by atoms with Crippen LogP contribution in [0.15, 0.2) is 48.5 Å². The van der Waals surface area contributed by atoms with Crippen LogP contribution in [-0.2, 0) is 22.7 Å². The van der Waals surface area contributed by atoms with E-state index in [1.54, 1.807) is 0 Å². The first kappa shape index (κ1) is 19.0. The number of hydrogen-bond acceptors (Lipinski definition) is 3. The van der Waals surface area contributed by atoms with Crippen molar-refractivity contribution in [3.63, 3.8) is 0 Å². The van der Waals surface area contributed by atoms with E-state index >= 15 is 0 Å². The van der Waals surface area contributed by atoms with Gasteiger partial charge in [-0.25, -0.2) is 0 Å². The van der Waals surface area contributed by atoms with E-state index in [1.165, 1.54) is 0 Å². The number of benzene rings is 2. The number of carbonyl (C=O) groups is 2. The molecule has 1 saturated heterocycles. The van der Waals surface area contributed by atoms with Crippen LogP contribution in [0.5, 0.6) is 0 Å². The van der Waals surface area contributed by atoms with E-state index < -0.39 is 0 Å². The molecule has 2 heterocycles. The highest BCUT2D eigenvalue weighted by Gasteiger charge is 2.33. The van der Waals surface area contributed by atoms with Gasteiger partial charge in [0.15, 0.2) is 0 Å². The number of fused-ring (bicyclic) bond motifs is 1. The Morgan fingerprint density at radius 3 is 2.68 bits per heavy atom. The van der Waals surface area contributed by atoms with Crippen molar-refractivity contribution in [3.05, 3.63) is 64.7 Å². The van der Waals surface area contributed by atoms with E-state index in [1.807, 2.05) is 53.4 Å². The van der Waals surface area contributed by atoms with Gasteiger partial charge in [-0.15, -0.1) is 0 Å². The van der Waals surface area contributed by atoms with Gasteiger partial charge in [0.05, 0.1) is 12.5 Å². The van der Waals surface area contributed by atoms with Gasteiger partial charge in [-0.3, -0.25) is 14.5 Å². The third-order valence-electron chi connectivity index (χ3n) is 5.52. The molecule has 0 spiro atoms. The maximum absolute atomic E-state index is 13.1. The molecule has 2 aromatic carbocycles. The van der Waals surface area contributed by atoms with Crippen molar-refractivity contribution >= 4 is 29.1 Å². The minimum atomic E-state index is -0.0636. The molecule has 1 fully saturated rings. The first-order valence-electron chi connectivity index (χ1n) is 9.72. The number of hydrogen-bond donors (Lipinski definition) is 1. The Bertz CT molecular complexity index is 871. The highest BCUT2D eigenvalue weighted by atomic mass is 35.5. The Morgan fingerprint density at radius 1 is 1.07 bits per heavy atom. The second-order valence-electron chi connectivity index (χ2n) is 7.56. The summed E-state index contributed by atoms with van der Waals surface area (Å²) in [6, 6.07) is 15.3. The highest BCUT2D eigenvalue weighted by molar-refractivity contribution is 6.31. The van der Waals surface area contributed by atoms with Crippen molar-refractivity contribution in [2.75, 3.05) is 25.0 Å². The molecule has 28 heavy (non-hydrogen) atoms. The molecule has 4 rings (SSSR count). The minimum absolute atomic E-state index is 0.0420. The second-order valence-corrected chi connectivity index (χ2v) is 7.97. The van der Waals surface area contributed by atoms with Crippen molar-refractivity contribution in [2.45, 2.75) is 25.9 Å². The second kappa shape index (κ2) is 8.33. The zero-order chi connectivity index (χ0) is 19.5. The summed E-state index contributed by atoms with van der Waals surface area (Å²) in [5, 5.41) is 3.65. The van der Waals surface area contributed by atoms with Gasteiger partial charge < -0.3 is 10.2 Å². The predicted molar refractivity (Wildman–Crippen MR) is 110 cm³/mol. The quantitative estimate of drug-likeness (QED) is 0.858. The maximum atomic E-state index is 13.1. The van der Waals surface area contributed by atoms with E-state index in [-0.39, 0.29) is 17.7 Å². The lowest BCUT2D eigenvalue weighted by molar-refractivity contribution is -0.138. The summed E-state index contributed by atoms with van der Waals surface area (Å²) in [4.78, 5) is 29.4. The number of nitrogens with zero attached hydrogens (tertiary/aromatic N) is 2. The molecule has 0 radical (unpaired) electrons. The molecule has 0 aromatic heterocycles. The molecule has 5 nitrogen and oxygen atoms in total. The van der Waals surface area contributed by atoms with Crippen LogP contribution in [0.3, 0.4) is 0 Å². The fourth-order valence-corrected chi connectivity index (χ4v) is 4.37. The lowest BCUT2D eigenvalue weighted by atomic mass is 9.96. The Kier molecular flexibility index (Phi) is 5.64. The molecular weight excluding hydrogens is 374 g/mol. The first-order chi connectivity index (χ1) is 13.6. The number of nitrogens with one attached hydrogen (secondary N) is 1.